The molecule has 1 atom stereocenters. The Kier molecular flexibility index (Phi) is 2.93. The first kappa shape index (κ1) is 12.4. The van der Waals surface area contributed by atoms with Gasteiger partial charge in [-0.3, -0.25) is 4.79 Å². The Morgan fingerprint density at radius 3 is 3.00 bits per heavy atom. The summed E-state index contributed by atoms with van der Waals surface area (Å²) in [5.41, 5.74) is 0.390. The van der Waals surface area contributed by atoms with Gasteiger partial charge in [-0.2, -0.15) is 0 Å². The number of rotatable bonds is 2. The molecule has 2 heterocycles. The summed E-state index contributed by atoms with van der Waals surface area (Å²) < 4.78 is 19.0. The van der Waals surface area contributed by atoms with E-state index >= 15 is 0 Å². The summed E-state index contributed by atoms with van der Waals surface area (Å²) in [7, 11) is 0. The number of benzene rings is 1. The third-order valence-electron chi connectivity index (χ3n) is 3.91. The molecule has 0 radical (unpaired) electrons. The van der Waals surface area contributed by atoms with Crippen molar-refractivity contribution in [3.05, 3.63) is 29.6 Å². The lowest BCUT2D eigenvalue weighted by Gasteiger charge is -2.39. The van der Waals surface area contributed by atoms with E-state index in [2.05, 4.69) is 10.6 Å². The topological polar surface area (TPSA) is 50.4 Å². The molecular formula is C14H17FN2O2. The monoisotopic (exact) mass is 264 g/mol. The second-order valence-corrected chi connectivity index (χ2v) is 5.49. The van der Waals surface area contributed by atoms with Gasteiger partial charge in [0.2, 0.25) is 5.91 Å². The zero-order chi connectivity index (χ0) is 13.5. The van der Waals surface area contributed by atoms with Gasteiger partial charge < -0.3 is 15.4 Å². The highest BCUT2D eigenvalue weighted by molar-refractivity contribution is 5.84. The molecule has 2 aliphatic rings. The lowest BCUT2D eigenvalue weighted by molar-refractivity contribution is -0.133. The number of halogens is 1. The van der Waals surface area contributed by atoms with Crippen LogP contribution in [0.2, 0.25) is 0 Å². The Balaban J connectivity index is 1.80. The molecule has 1 saturated heterocycles. The molecule has 2 N–H and O–H groups in total. The fourth-order valence-corrected chi connectivity index (χ4v) is 2.53. The smallest absolute Gasteiger partial charge is 0.229 e. The number of para-hydroxylation sites is 1. The number of fused-ring (bicyclic) bond motifs is 1. The van der Waals surface area contributed by atoms with Gasteiger partial charge in [-0.1, -0.05) is 12.1 Å². The summed E-state index contributed by atoms with van der Waals surface area (Å²) in [6.07, 6.45) is 0.672. The molecule has 102 valence electrons. The van der Waals surface area contributed by atoms with Gasteiger partial charge in [-0.15, -0.1) is 0 Å². The van der Waals surface area contributed by atoms with Crippen LogP contribution in [-0.4, -0.2) is 25.6 Å². The predicted octanol–water partition coefficient (Wildman–Crippen LogP) is 1.38. The number of carbonyl (C=O) groups is 1. The molecule has 0 unspecified atom stereocenters. The van der Waals surface area contributed by atoms with Crippen LogP contribution in [0.3, 0.4) is 0 Å². The summed E-state index contributed by atoms with van der Waals surface area (Å²) in [6, 6.07) is 4.67. The Morgan fingerprint density at radius 2 is 2.32 bits per heavy atom. The van der Waals surface area contributed by atoms with Crippen molar-refractivity contribution in [3.8, 4) is 5.75 Å². The summed E-state index contributed by atoms with van der Waals surface area (Å²) in [5.74, 6) is -0.0720. The molecule has 1 aromatic rings. The molecule has 1 amide bonds. The predicted molar refractivity (Wildman–Crippen MR) is 68.4 cm³/mol. The second kappa shape index (κ2) is 4.49. The minimum absolute atomic E-state index is 0.0216. The lowest BCUT2D eigenvalue weighted by atomic mass is 9.82. The SMILES string of the molecule is CC1(C(=O)N[C@@H]2CCOc3c(F)cccc32)CNC1. The average Bonchev–Trinajstić information content (AvgIpc) is 2.37. The highest BCUT2D eigenvalue weighted by Crippen LogP contribution is 2.35. The van der Waals surface area contributed by atoms with Crippen LogP contribution in [0.25, 0.3) is 0 Å². The highest BCUT2D eigenvalue weighted by atomic mass is 19.1. The summed E-state index contributed by atoms with van der Waals surface area (Å²) in [5, 5.41) is 6.12. The van der Waals surface area contributed by atoms with Gasteiger partial charge in [0.1, 0.15) is 0 Å². The van der Waals surface area contributed by atoms with E-state index < -0.39 is 0 Å². The molecule has 2 aliphatic heterocycles. The highest BCUT2D eigenvalue weighted by Gasteiger charge is 2.40. The van der Waals surface area contributed by atoms with Crippen LogP contribution >= 0.6 is 0 Å². The van der Waals surface area contributed by atoms with Gasteiger partial charge in [0.15, 0.2) is 11.6 Å². The van der Waals surface area contributed by atoms with Gasteiger partial charge in [0.05, 0.1) is 18.1 Å². The molecular weight excluding hydrogens is 247 g/mol. The first-order valence-electron chi connectivity index (χ1n) is 6.53. The van der Waals surface area contributed by atoms with Crippen LogP contribution < -0.4 is 15.4 Å². The third kappa shape index (κ3) is 2.08. The number of amides is 1. The number of carbonyl (C=O) groups excluding carboxylic acids is 1. The van der Waals surface area contributed by atoms with Gasteiger partial charge in [-0.05, 0) is 13.0 Å². The van der Waals surface area contributed by atoms with Gasteiger partial charge in [-0.25, -0.2) is 4.39 Å². The van der Waals surface area contributed by atoms with Crippen LogP contribution in [0.15, 0.2) is 18.2 Å². The molecule has 0 aromatic heterocycles. The number of hydrogen-bond donors (Lipinski definition) is 2. The Hall–Kier alpha value is -1.62. The largest absolute Gasteiger partial charge is 0.490 e. The fraction of sp³-hybridized carbons (Fsp3) is 0.500. The van der Waals surface area contributed by atoms with Crippen molar-refractivity contribution in [2.24, 2.45) is 5.41 Å². The van der Waals surface area contributed by atoms with Crippen molar-refractivity contribution < 1.29 is 13.9 Å². The summed E-state index contributed by atoms with van der Waals surface area (Å²) in [6.45, 7) is 3.74. The van der Waals surface area contributed by atoms with E-state index in [1.807, 2.05) is 13.0 Å². The summed E-state index contributed by atoms with van der Waals surface area (Å²) >= 11 is 0. The van der Waals surface area contributed by atoms with E-state index in [0.29, 0.717) is 26.1 Å². The summed E-state index contributed by atoms with van der Waals surface area (Å²) in [4.78, 5) is 12.2. The molecule has 1 aromatic carbocycles. The van der Waals surface area contributed by atoms with Crippen LogP contribution in [0.4, 0.5) is 4.39 Å². The molecule has 19 heavy (non-hydrogen) atoms. The maximum absolute atomic E-state index is 13.6. The van der Waals surface area contributed by atoms with Gasteiger partial charge >= 0.3 is 0 Å². The van der Waals surface area contributed by atoms with Crippen LogP contribution in [-0.2, 0) is 4.79 Å². The van der Waals surface area contributed by atoms with Crippen molar-refractivity contribution in [1.29, 1.82) is 0 Å². The zero-order valence-corrected chi connectivity index (χ0v) is 10.8. The molecule has 0 aliphatic carbocycles. The van der Waals surface area contributed by atoms with E-state index in [1.54, 1.807) is 6.07 Å². The standard InChI is InChI=1S/C14H17FN2O2/c1-14(7-16-8-14)13(18)17-11-5-6-19-12-9(11)3-2-4-10(12)15/h2-4,11,16H,5-8H2,1H3,(H,17,18)/t11-/m1/s1. The van der Waals surface area contributed by atoms with Crippen molar-refractivity contribution in [1.82, 2.24) is 10.6 Å². The average molecular weight is 264 g/mol. The van der Waals surface area contributed by atoms with Crippen molar-refractivity contribution in [2.75, 3.05) is 19.7 Å². The van der Waals surface area contributed by atoms with Crippen molar-refractivity contribution in [2.45, 2.75) is 19.4 Å². The molecule has 0 saturated carbocycles. The first-order chi connectivity index (χ1) is 9.10. The molecule has 1 fully saturated rings. The zero-order valence-electron chi connectivity index (χ0n) is 10.8. The van der Waals surface area contributed by atoms with Gasteiger partial charge in [0, 0.05) is 25.1 Å². The van der Waals surface area contributed by atoms with E-state index in [1.165, 1.54) is 6.07 Å². The van der Waals surface area contributed by atoms with E-state index in [-0.39, 0.29) is 28.9 Å². The molecule has 0 spiro atoms. The Bertz CT molecular complexity index is 514. The third-order valence-corrected chi connectivity index (χ3v) is 3.91. The molecule has 0 bridgehead atoms. The second-order valence-electron chi connectivity index (χ2n) is 5.49. The first-order valence-corrected chi connectivity index (χ1v) is 6.53. The normalized spacial score (nSPS) is 23.8. The fourth-order valence-electron chi connectivity index (χ4n) is 2.53. The Morgan fingerprint density at radius 1 is 1.53 bits per heavy atom. The van der Waals surface area contributed by atoms with E-state index in [4.69, 9.17) is 4.74 Å². The molecule has 4 nitrogen and oxygen atoms in total. The van der Waals surface area contributed by atoms with E-state index in [0.717, 1.165) is 5.56 Å². The van der Waals surface area contributed by atoms with Crippen LogP contribution in [0.5, 0.6) is 5.75 Å². The molecule has 3 rings (SSSR count). The maximum atomic E-state index is 13.6. The molecule has 5 heteroatoms. The maximum Gasteiger partial charge on any atom is 0.229 e. The van der Waals surface area contributed by atoms with Gasteiger partial charge in [0.25, 0.3) is 0 Å². The minimum Gasteiger partial charge on any atom is -0.490 e. The Labute approximate surface area is 111 Å². The van der Waals surface area contributed by atoms with Crippen molar-refractivity contribution >= 4 is 5.91 Å². The van der Waals surface area contributed by atoms with Crippen LogP contribution in [0.1, 0.15) is 24.9 Å². The van der Waals surface area contributed by atoms with E-state index in [9.17, 15) is 9.18 Å². The quantitative estimate of drug-likeness (QED) is 0.848. The minimum atomic E-state index is -0.368. The van der Waals surface area contributed by atoms with Crippen molar-refractivity contribution in [3.63, 3.8) is 0 Å². The number of ether oxygens (including phenoxy) is 1. The van der Waals surface area contributed by atoms with Crippen LogP contribution in [0, 0.1) is 11.2 Å². The lowest BCUT2D eigenvalue weighted by Crippen LogP contribution is -2.60. The number of nitrogens with one attached hydrogen (secondary N) is 2. The number of hydrogen-bond acceptors (Lipinski definition) is 3.